The van der Waals surface area contributed by atoms with Crippen LogP contribution in [0.5, 0.6) is 0 Å². The van der Waals surface area contributed by atoms with Gasteiger partial charge in [-0.15, -0.1) is 11.8 Å². The van der Waals surface area contributed by atoms with Gasteiger partial charge >= 0.3 is 5.97 Å². The Bertz CT molecular complexity index is 369. The normalized spacial score (nSPS) is 10.8. The minimum absolute atomic E-state index is 0.269. The first kappa shape index (κ1) is 14.0. The minimum atomic E-state index is -0.926. The molecule has 0 saturated heterocycles. The highest BCUT2D eigenvalue weighted by atomic mass is 32.2. The predicted molar refractivity (Wildman–Crippen MR) is 67.6 cm³/mol. The quantitative estimate of drug-likeness (QED) is 0.599. The Kier molecular flexibility index (Phi) is 6.00. The Hall–Kier alpha value is -1.07. The third kappa shape index (κ3) is 5.70. The lowest BCUT2D eigenvalue weighted by Crippen LogP contribution is -2.04. The lowest BCUT2D eigenvalue weighted by molar-refractivity contribution is 0.0696. The van der Waals surface area contributed by atoms with Crippen molar-refractivity contribution in [2.45, 2.75) is 18.9 Å². The van der Waals surface area contributed by atoms with Gasteiger partial charge in [-0.25, -0.2) is 9.78 Å². The third-order valence-corrected chi connectivity index (χ3v) is 2.80. The highest BCUT2D eigenvalue weighted by Crippen LogP contribution is 2.16. The van der Waals surface area contributed by atoms with Crippen molar-refractivity contribution in [1.82, 2.24) is 4.98 Å². The molecule has 1 aromatic rings. The van der Waals surface area contributed by atoms with Crippen LogP contribution in [-0.4, -0.2) is 35.0 Å². The van der Waals surface area contributed by atoms with E-state index in [9.17, 15) is 4.79 Å². The zero-order chi connectivity index (χ0) is 12.7. The second-order valence-corrected chi connectivity index (χ2v) is 5.12. The van der Waals surface area contributed by atoms with E-state index < -0.39 is 5.97 Å². The average molecular weight is 255 g/mol. The maximum atomic E-state index is 10.7. The number of ether oxygens (including phenoxy) is 1. The Balaban J connectivity index is 2.31. The minimum Gasteiger partial charge on any atom is -0.478 e. The molecule has 94 valence electrons. The molecule has 17 heavy (non-hydrogen) atoms. The number of aromatic nitrogens is 1. The maximum absolute atomic E-state index is 10.7. The fourth-order valence-corrected chi connectivity index (χ4v) is 1.90. The molecule has 1 aromatic heterocycles. The molecule has 0 aliphatic carbocycles. The van der Waals surface area contributed by atoms with Crippen LogP contribution < -0.4 is 0 Å². The van der Waals surface area contributed by atoms with Gasteiger partial charge in [0.25, 0.3) is 0 Å². The Labute approximate surface area is 105 Å². The van der Waals surface area contributed by atoms with Gasteiger partial charge in [0.1, 0.15) is 0 Å². The van der Waals surface area contributed by atoms with Crippen LogP contribution >= 0.6 is 11.8 Å². The van der Waals surface area contributed by atoms with Crippen molar-refractivity contribution in [2.75, 3.05) is 19.0 Å². The summed E-state index contributed by atoms with van der Waals surface area (Å²) in [5.74, 6) is 0.391. The molecule has 0 bridgehead atoms. The first-order chi connectivity index (χ1) is 8.09. The van der Waals surface area contributed by atoms with Crippen molar-refractivity contribution in [2.24, 2.45) is 5.92 Å². The van der Waals surface area contributed by atoms with Gasteiger partial charge < -0.3 is 9.84 Å². The molecule has 0 radical (unpaired) electrons. The van der Waals surface area contributed by atoms with E-state index >= 15 is 0 Å². The summed E-state index contributed by atoms with van der Waals surface area (Å²) in [5.41, 5.74) is 0.269. The van der Waals surface area contributed by atoms with E-state index in [4.69, 9.17) is 9.84 Å². The number of aromatic carboxylic acids is 1. The Morgan fingerprint density at radius 3 is 3.00 bits per heavy atom. The smallest absolute Gasteiger partial charge is 0.335 e. The molecule has 0 unspecified atom stereocenters. The van der Waals surface area contributed by atoms with E-state index in [1.165, 1.54) is 24.0 Å². The van der Waals surface area contributed by atoms with Crippen LogP contribution in [0.25, 0.3) is 0 Å². The van der Waals surface area contributed by atoms with E-state index in [0.717, 1.165) is 17.4 Å². The molecule has 0 aromatic carbocycles. The molecule has 1 rings (SSSR count). The first-order valence-corrected chi connectivity index (χ1v) is 6.48. The van der Waals surface area contributed by atoms with Crippen LogP contribution in [0.3, 0.4) is 0 Å². The highest BCUT2D eigenvalue weighted by Gasteiger charge is 2.04. The summed E-state index contributed by atoms with van der Waals surface area (Å²) in [6.45, 7) is 5.61. The van der Waals surface area contributed by atoms with Crippen LogP contribution in [0.4, 0.5) is 0 Å². The summed E-state index contributed by atoms with van der Waals surface area (Å²) >= 11 is 1.50. The highest BCUT2D eigenvalue weighted by molar-refractivity contribution is 7.99. The number of hydrogen-bond donors (Lipinski definition) is 1. The van der Waals surface area contributed by atoms with Crippen molar-refractivity contribution < 1.29 is 14.6 Å². The van der Waals surface area contributed by atoms with Gasteiger partial charge in [0.15, 0.2) is 0 Å². The third-order valence-electron chi connectivity index (χ3n) is 1.91. The molecule has 4 nitrogen and oxygen atoms in total. The van der Waals surface area contributed by atoms with E-state index in [0.29, 0.717) is 12.5 Å². The summed E-state index contributed by atoms with van der Waals surface area (Å²) in [4.78, 5) is 14.8. The van der Waals surface area contributed by atoms with Crippen molar-refractivity contribution in [3.05, 3.63) is 23.9 Å². The fourth-order valence-electron chi connectivity index (χ4n) is 1.15. The molecule has 0 aliphatic rings. The standard InChI is InChI=1S/C12H17NO3S/c1-9(2)8-16-5-6-17-11-7-10(12(14)15)3-4-13-11/h3-4,7,9H,5-6,8H2,1-2H3,(H,14,15). The molecule has 1 heterocycles. The molecule has 0 saturated carbocycles. The second kappa shape index (κ2) is 7.29. The maximum Gasteiger partial charge on any atom is 0.335 e. The average Bonchev–Trinajstić information content (AvgIpc) is 2.28. The molecular formula is C12H17NO3S. The number of rotatable bonds is 7. The molecule has 0 amide bonds. The van der Waals surface area contributed by atoms with E-state index in [-0.39, 0.29) is 5.56 Å². The fraction of sp³-hybridized carbons (Fsp3) is 0.500. The monoisotopic (exact) mass is 255 g/mol. The van der Waals surface area contributed by atoms with Gasteiger partial charge in [-0.1, -0.05) is 13.8 Å². The number of hydrogen-bond acceptors (Lipinski definition) is 4. The van der Waals surface area contributed by atoms with Crippen LogP contribution in [-0.2, 0) is 4.74 Å². The zero-order valence-corrected chi connectivity index (χ0v) is 10.9. The number of nitrogens with zero attached hydrogens (tertiary/aromatic N) is 1. The molecule has 5 heteroatoms. The lowest BCUT2D eigenvalue weighted by Gasteiger charge is -2.06. The van der Waals surface area contributed by atoms with Crippen LogP contribution in [0.2, 0.25) is 0 Å². The van der Waals surface area contributed by atoms with Crippen molar-refractivity contribution in [1.29, 1.82) is 0 Å². The number of carbonyl (C=O) groups is 1. The molecule has 0 spiro atoms. The lowest BCUT2D eigenvalue weighted by atomic mass is 10.2. The summed E-state index contributed by atoms with van der Waals surface area (Å²) in [5, 5.41) is 9.54. The van der Waals surface area contributed by atoms with Gasteiger partial charge in [0, 0.05) is 18.6 Å². The number of carboxylic acid groups (broad SMARTS) is 1. The molecular weight excluding hydrogens is 238 g/mol. The van der Waals surface area contributed by atoms with Crippen molar-refractivity contribution >= 4 is 17.7 Å². The Morgan fingerprint density at radius 1 is 1.59 bits per heavy atom. The second-order valence-electron chi connectivity index (χ2n) is 4.01. The SMILES string of the molecule is CC(C)COCCSc1cc(C(=O)O)ccn1. The van der Waals surface area contributed by atoms with Gasteiger partial charge in [-0.05, 0) is 18.1 Å². The summed E-state index contributed by atoms with van der Waals surface area (Å²) in [6.07, 6.45) is 1.51. The van der Waals surface area contributed by atoms with Crippen molar-refractivity contribution in [3.63, 3.8) is 0 Å². The Morgan fingerprint density at radius 2 is 2.35 bits per heavy atom. The van der Waals surface area contributed by atoms with E-state index in [1.807, 2.05) is 0 Å². The molecule has 1 N–H and O–H groups in total. The van der Waals surface area contributed by atoms with Crippen molar-refractivity contribution in [3.8, 4) is 0 Å². The van der Waals surface area contributed by atoms with E-state index in [1.54, 1.807) is 6.07 Å². The molecule has 0 aliphatic heterocycles. The van der Waals surface area contributed by atoms with Crippen LogP contribution in [0.15, 0.2) is 23.4 Å². The summed E-state index contributed by atoms with van der Waals surface area (Å²) in [7, 11) is 0. The first-order valence-electron chi connectivity index (χ1n) is 5.49. The van der Waals surface area contributed by atoms with Gasteiger partial charge in [-0.2, -0.15) is 0 Å². The zero-order valence-electron chi connectivity index (χ0n) is 10.0. The largest absolute Gasteiger partial charge is 0.478 e. The van der Waals surface area contributed by atoms with E-state index in [2.05, 4.69) is 18.8 Å². The molecule has 0 atom stereocenters. The summed E-state index contributed by atoms with van der Waals surface area (Å²) in [6, 6.07) is 3.07. The molecule has 0 fully saturated rings. The van der Waals surface area contributed by atoms with Gasteiger partial charge in [0.2, 0.25) is 0 Å². The van der Waals surface area contributed by atoms with Crippen LogP contribution in [0, 0.1) is 5.92 Å². The number of carboxylic acids is 1. The topological polar surface area (TPSA) is 59.4 Å². The van der Waals surface area contributed by atoms with Crippen LogP contribution in [0.1, 0.15) is 24.2 Å². The summed E-state index contributed by atoms with van der Waals surface area (Å²) < 4.78 is 5.43. The van der Waals surface area contributed by atoms with Gasteiger partial charge in [0.05, 0.1) is 17.2 Å². The number of thioether (sulfide) groups is 1. The number of pyridine rings is 1. The predicted octanol–water partition coefficient (Wildman–Crippen LogP) is 2.54. The van der Waals surface area contributed by atoms with Gasteiger partial charge in [-0.3, -0.25) is 0 Å².